The molecule has 3 heteroatoms. The number of fused-ring (bicyclic) bond motifs is 6. The first-order chi connectivity index (χ1) is 17.8. The molecule has 0 N–H and O–H groups in total. The molecule has 0 aliphatic carbocycles. The van der Waals surface area contributed by atoms with Crippen molar-refractivity contribution in [2.24, 2.45) is 0 Å². The maximum absolute atomic E-state index is 4.83. The van der Waals surface area contributed by atoms with Gasteiger partial charge in [0, 0.05) is 33.8 Å². The van der Waals surface area contributed by atoms with Crippen LogP contribution in [0.25, 0.3) is 67.3 Å². The fourth-order valence-electron chi connectivity index (χ4n) is 5.43. The standard InChI is InChI=1S/C33H23N3/c1-3-22-13-15-31-27(19-22)28-20-23(4-2)14-16-32(28)35(31)24-17-18-34-33(21-24)36-29-11-7-5-9-25(29)26-10-6-8-12-30(26)36/h3-21H,1-2H2. The summed E-state index contributed by atoms with van der Waals surface area (Å²) in [7, 11) is 0. The molecule has 3 aromatic heterocycles. The predicted molar refractivity (Wildman–Crippen MR) is 153 cm³/mol. The van der Waals surface area contributed by atoms with E-state index in [1.807, 2.05) is 18.3 Å². The van der Waals surface area contributed by atoms with Gasteiger partial charge in [0.2, 0.25) is 0 Å². The molecule has 0 bridgehead atoms. The van der Waals surface area contributed by atoms with E-state index >= 15 is 0 Å². The number of para-hydroxylation sites is 2. The van der Waals surface area contributed by atoms with Gasteiger partial charge in [0.05, 0.1) is 27.8 Å². The first-order valence-electron chi connectivity index (χ1n) is 12.0. The number of nitrogens with zero attached hydrogens (tertiary/aromatic N) is 3. The minimum Gasteiger partial charge on any atom is -0.309 e. The van der Waals surface area contributed by atoms with E-state index in [9.17, 15) is 0 Å². The van der Waals surface area contributed by atoms with Gasteiger partial charge >= 0.3 is 0 Å². The highest BCUT2D eigenvalue weighted by Gasteiger charge is 2.16. The third-order valence-electron chi connectivity index (χ3n) is 7.08. The predicted octanol–water partition coefficient (Wildman–Crippen LogP) is 8.56. The maximum atomic E-state index is 4.83. The molecule has 4 aromatic carbocycles. The van der Waals surface area contributed by atoms with Crippen LogP contribution in [-0.4, -0.2) is 14.1 Å². The molecular formula is C33H23N3. The van der Waals surface area contributed by atoms with Crippen molar-refractivity contribution in [3.8, 4) is 11.5 Å². The Morgan fingerprint density at radius 3 is 1.61 bits per heavy atom. The van der Waals surface area contributed by atoms with Gasteiger partial charge in [0.25, 0.3) is 0 Å². The van der Waals surface area contributed by atoms with E-state index in [1.54, 1.807) is 0 Å². The van der Waals surface area contributed by atoms with Crippen molar-refractivity contribution in [1.82, 2.24) is 14.1 Å². The fraction of sp³-hybridized carbons (Fsp3) is 0. The summed E-state index contributed by atoms with van der Waals surface area (Å²) in [6.07, 6.45) is 5.70. The molecule has 0 saturated heterocycles. The Morgan fingerprint density at radius 2 is 1.06 bits per heavy atom. The van der Waals surface area contributed by atoms with Gasteiger partial charge < -0.3 is 4.57 Å². The van der Waals surface area contributed by atoms with Crippen LogP contribution in [0.4, 0.5) is 0 Å². The second-order valence-electron chi connectivity index (χ2n) is 9.04. The summed E-state index contributed by atoms with van der Waals surface area (Å²) >= 11 is 0. The van der Waals surface area contributed by atoms with Crippen molar-refractivity contribution in [1.29, 1.82) is 0 Å². The van der Waals surface area contributed by atoms with Gasteiger partial charge in [-0.2, -0.15) is 0 Å². The SMILES string of the molecule is C=Cc1ccc2c(c1)c1cc(C=C)ccc1n2-c1ccnc(-n2c3ccccc3c3ccccc32)c1. The number of hydrogen-bond donors (Lipinski definition) is 0. The molecule has 0 aliphatic heterocycles. The molecule has 0 atom stereocenters. The molecule has 36 heavy (non-hydrogen) atoms. The highest BCUT2D eigenvalue weighted by atomic mass is 15.1. The smallest absolute Gasteiger partial charge is 0.139 e. The summed E-state index contributed by atoms with van der Waals surface area (Å²) in [5.41, 5.74) is 7.87. The first kappa shape index (κ1) is 20.5. The Balaban J connectivity index is 1.54. The minimum absolute atomic E-state index is 0.894. The summed E-state index contributed by atoms with van der Waals surface area (Å²) in [5, 5.41) is 4.85. The van der Waals surface area contributed by atoms with Gasteiger partial charge in [0.1, 0.15) is 5.82 Å². The lowest BCUT2D eigenvalue weighted by atomic mass is 10.1. The number of aromatic nitrogens is 3. The van der Waals surface area contributed by atoms with Gasteiger partial charge in [0.15, 0.2) is 0 Å². The molecule has 0 aliphatic rings. The minimum atomic E-state index is 0.894. The monoisotopic (exact) mass is 461 g/mol. The summed E-state index contributed by atoms with van der Waals surface area (Å²) in [6.45, 7) is 7.94. The third-order valence-corrected chi connectivity index (χ3v) is 7.08. The van der Waals surface area contributed by atoms with Crippen LogP contribution in [0.15, 0.2) is 116 Å². The molecule has 0 fully saturated rings. The molecule has 0 radical (unpaired) electrons. The second-order valence-corrected chi connectivity index (χ2v) is 9.04. The van der Waals surface area contributed by atoms with Crippen LogP contribution in [0.3, 0.4) is 0 Å². The zero-order valence-electron chi connectivity index (χ0n) is 19.7. The number of rotatable bonds is 4. The van der Waals surface area contributed by atoms with E-state index in [1.165, 1.54) is 21.5 Å². The summed E-state index contributed by atoms with van der Waals surface area (Å²) < 4.78 is 4.58. The fourth-order valence-corrected chi connectivity index (χ4v) is 5.43. The summed E-state index contributed by atoms with van der Waals surface area (Å²) in [6, 6.07) is 34.3. The second kappa shape index (κ2) is 7.82. The van der Waals surface area contributed by atoms with Gasteiger partial charge in [-0.25, -0.2) is 4.98 Å². The summed E-state index contributed by atoms with van der Waals surface area (Å²) in [5.74, 6) is 0.894. The lowest BCUT2D eigenvalue weighted by Crippen LogP contribution is -2.01. The molecule has 7 rings (SSSR count). The van der Waals surface area contributed by atoms with Crippen molar-refractivity contribution in [3.05, 3.63) is 128 Å². The Hall–Kier alpha value is -4.89. The average molecular weight is 462 g/mol. The lowest BCUT2D eigenvalue weighted by molar-refractivity contribution is 1.06. The highest BCUT2D eigenvalue weighted by molar-refractivity contribution is 6.11. The lowest BCUT2D eigenvalue weighted by Gasteiger charge is -2.12. The van der Waals surface area contributed by atoms with Gasteiger partial charge in [-0.3, -0.25) is 4.57 Å². The topological polar surface area (TPSA) is 22.8 Å². The molecular weight excluding hydrogens is 438 g/mol. The van der Waals surface area contributed by atoms with Crippen LogP contribution >= 0.6 is 0 Å². The third kappa shape index (κ3) is 2.90. The van der Waals surface area contributed by atoms with E-state index in [2.05, 4.69) is 119 Å². The van der Waals surface area contributed by atoms with Crippen LogP contribution in [0.1, 0.15) is 11.1 Å². The Morgan fingerprint density at radius 1 is 0.528 bits per heavy atom. The molecule has 7 aromatic rings. The zero-order chi connectivity index (χ0) is 24.2. The number of benzene rings is 4. The molecule has 3 heterocycles. The number of pyridine rings is 1. The van der Waals surface area contributed by atoms with Crippen LogP contribution in [-0.2, 0) is 0 Å². The Bertz CT molecular complexity index is 1870. The van der Waals surface area contributed by atoms with Gasteiger partial charge in [-0.1, -0.05) is 73.8 Å². The first-order valence-corrected chi connectivity index (χ1v) is 12.0. The molecule has 170 valence electrons. The number of hydrogen-bond acceptors (Lipinski definition) is 1. The normalized spacial score (nSPS) is 11.6. The Labute approximate surface area is 208 Å². The molecule has 0 unspecified atom stereocenters. The van der Waals surface area contributed by atoms with Gasteiger partial charge in [-0.05, 0) is 53.6 Å². The highest BCUT2D eigenvalue weighted by Crippen LogP contribution is 2.35. The van der Waals surface area contributed by atoms with Crippen molar-refractivity contribution < 1.29 is 0 Å². The van der Waals surface area contributed by atoms with Crippen LogP contribution in [0, 0.1) is 0 Å². The molecule has 0 saturated carbocycles. The Kier molecular flexibility index (Phi) is 4.45. The van der Waals surface area contributed by atoms with Crippen molar-refractivity contribution in [2.45, 2.75) is 0 Å². The summed E-state index contributed by atoms with van der Waals surface area (Å²) in [4.78, 5) is 4.83. The van der Waals surface area contributed by atoms with Gasteiger partial charge in [-0.15, -0.1) is 0 Å². The van der Waals surface area contributed by atoms with E-state index in [4.69, 9.17) is 4.98 Å². The zero-order valence-corrected chi connectivity index (χ0v) is 19.7. The maximum Gasteiger partial charge on any atom is 0.139 e. The van der Waals surface area contributed by atoms with Crippen LogP contribution < -0.4 is 0 Å². The van der Waals surface area contributed by atoms with Crippen LogP contribution in [0.5, 0.6) is 0 Å². The van der Waals surface area contributed by atoms with Crippen LogP contribution in [0.2, 0.25) is 0 Å². The largest absolute Gasteiger partial charge is 0.309 e. The molecule has 0 spiro atoms. The quantitative estimate of drug-likeness (QED) is 0.257. The molecule has 3 nitrogen and oxygen atoms in total. The van der Waals surface area contributed by atoms with E-state index in [0.717, 1.165) is 44.7 Å². The van der Waals surface area contributed by atoms with Crippen molar-refractivity contribution in [3.63, 3.8) is 0 Å². The van der Waals surface area contributed by atoms with E-state index < -0.39 is 0 Å². The molecule has 0 amide bonds. The van der Waals surface area contributed by atoms with E-state index in [-0.39, 0.29) is 0 Å². The van der Waals surface area contributed by atoms with Crippen molar-refractivity contribution >= 4 is 55.8 Å². The van der Waals surface area contributed by atoms with E-state index in [0.29, 0.717) is 0 Å². The average Bonchev–Trinajstić information content (AvgIpc) is 3.45. The van der Waals surface area contributed by atoms with Crippen molar-refractivity contribution in [2.75, 3.05) is 0 Å².